The lowest BCUT2D eigenvalue weighted by Gasteiger charge is -2.17. The van der Waals surface area contributed by atoms with Crippen LogP contribution in [0, 0.1) is 0 Å². The van der Waals surface area contributed by atoms with Gasteiger partial charge in [0.15, 0.2) is 5.78 Å². The predicted octanol–water partition coefficient (Wildman–Crippen LogP) is 1.99. The van der Waals surface area contributed by atoms with Crippen molar-refractivity contribution in [2.24, 2.45) is 0 Å². The number of nitrogens with zero attached hydrogens (tertiary/aromatic N) is 1. The van der Waals surface area contributed by atoms with E-state index in [1.165, 1.54) is 0 Å². The molecule has 0 amide bonds. The second kappa shape index (κ2) is 8.23. The van der Waals surface area contributed by atoms with E-state index in [-0.39, 0.29) is 24.3 Å². The molecule has 1 N–H and O–H groups in total. The molecule has 0 saturated carbocycles. The molecule has 0 aliphatic heterocycles. The standard InChI is InChI=1S/C13H19NO2.ClH/c1-11(15)10-14(2)9-8-13(16)12-6-4-3-5-7-12;/h3-7,11,15H,8-10H2,1-2H3;1H. The highest BCUT2D eigenvalue weighted by molar-refractivity contribution is 5.96. The van der Waals surface area contributed by atoms with Gasteiger partial charge in [-0.05, 0) is 14.0 Å². The Balaban J connectivity index is 0.00000256. The van der Waals surface area contributed by atoms with E-state index in [1.54, 1.807) is 6.92 Å². The van der Waals surface area contributed by atoms with Gasteiger partial charge in [-0.1, -0.05) is 30.3 Å². The van der Waals surface area contributed by atoms with Gasteiger partial charge in [-0.25, -0.2) is 0 Å². The third kappa shape index (κ3) is 6.41. The molecule has 1 aromatic carbocycles. The molecule has 1 rings (SSSR count). The first-order chi connectivity index (χ1) is 7.59. The van der Waals surface area contributed by atoms with Gasteiger partial charge in [-0.2, -0.15) is 0 Å². The number of likely N-dealkylation sites (N-methyl/N-ethyl adjacent to an activating group) is 1. The minimum absolute atomic E-state index is 0. The Bertz CT molecular complexity index is 327. The van der Waals surface area contributed by atoms with Crippen LogP contribution in [0.3, 0.4) is 0 Å². The van der Waals surface area contributed by atoms with E-state index < -0.39 is 0 Å². The molecule has 17 heavy (non-hydrogen) atoms. The largest absolute Gasteiger partial charge is 0.392 e. The van der Waals surface area contributed by atoms with Crippen molar-refractivity contribution in [2.45, 2.75) is 19.4 Å². The summed E-state index contributed by atoms with van der Waals surface area (Å²) in [6, 6.07) is 9.30. The Morgan fingerprint density at radius 1 is 1.35 bits per heavy atom. The molecule has 96 valence electrons. The van der Waals surface area contributed by atoms with E-state index in [0.717, 1.165) is 5.56 Å². The minimum Gasteiger partial charge on any atom is -0.392 e. The number of Topliss-reactive ketones (excluding diaryl/α,β-unsaturated/α-hetero) is 1. The van der Waals surface area contributed by atoms with E-state index in [1.807, 2.05) is 42.3 Å². The fraction of sp³-hybridized carbons (Fsp3) is 0.462. The van der Waals surface area contributed by atoms with Crippen molar-refractivity contribution in [1.82, 2.24) is 4.90 Å². The summed E-state index contributed by atoms with van der Waals surface area (Å²) in [4.78, 5) is 13.7. The van der Waals surface area contributed by atoms with Gasteiger partial charge < -0.3 is 10.0 Å². The lowest BCUT2D eigenvalue weighted by Crippen LogP contribution is -2.29. The number of carbonyl (C=O) groups is 1. The molecule has 1 unspecified atom stereocenters. The molecule has 1 atom stereocenters. The van der Waals surface area contributed by atoms with Crippen molar-refractivity contribution in [2.75, 3.05) is 20.1 Å². The summed E-state index contributed by atoms with van der Waals surface area (Å²) in [5.74, 6) is 0.151. The van der Waals surface area contributed by atoms with Gasteiger partial charge in [0, 0.05) is 25.1 Å². The SMILES string of the molecule is CC(O)CN(C)CCC(=O)c1ccccc1.Cl. The number of aliphatic hydroxyl groups excluding tert-OH is 1. The molecule has 0 aromatic heterocycles. The molecule has 3 nitrogen and oxygen atoms in total. The molecule has 0 fully saturated rings. The average molecular weight is 258 g/mol. The van der Waals surface area contributed by atoms with Crippen LogP contribution in [0.1, 0.15) is 23.7 Å². The third-order valence-corrected chi connectivity index (χ3v) is 2.39. The third-order valence-electron chi connectivity index (χ3n) is 2.39. The minimum atomic E-state index is -0.350. The first kappa shape index (κ1) is 16.1. The van der Waals surface area contributed by atoms with Crippen molar-refractivity contribution in [3.8, 4) is 0 Å². The second-order valence-corrected chi connectivity index (χ2v) is 4.15. The van der Waals surface area contributed by atoms with E-state index in [9.17, 15) is 9.90 Å². The van der Waals surface area contributed by atoms with Gasteiger partial charge in [0.25, 0.3) is 0 Å². The summed E-state index contributed by atoms with van der Waals surface area (Å²) in [5, 5.41) is 9.18. The maximum Gasteiger partial charge on any atom is 0.164 e. The summed E-state index contributed by atoms with van der Waals surface area (Å²) in [6.07, 6.45) is 0.143. The van der Waals surface area contributed by atoms with Gasteiger partial charge in [0.05, 0.1) is 6.10 Å². The average Bonchev–Trinajstić information content (AvgIpc) is 2.26. The van der Waals surface area contributed by atoms with Crippen molar-refractivity contribution in [3.63, 3.8) is 0 Å². The number of rotatable bonds is 6. The number of hydrogen-bond donors (Lipinski definition) is 1. The normalized spacial score (nSPS) is 12.0. The summed E-state index contributed by atoms with van der Waals surface area (Å²) >= 11 is 0. The molecule has 0 heterocycles. The zero-order chi connectivity index (χ0) is 12.0. The monoisotopic (exact) mass is 257 g/mol. The van der Waals surface area contributed by atoms with Crippen LogP contribution in [-0.4, -0.2) is 42.0 Å². The lowest BCUT2D eigenvalue weighted by molar-refractivity contribution is 0.0948. The first-order valence-electron chi connectivity index (χ1n) is 5.54. The molecular weight excluding hydrogens is 238 g/mol. The Hall–Kier alpha value is -0.900. The topological polar surface area (TPSA) is 40.5 Å². The van der Waals surface area contributed by atoms with E-state index in [0.29, 0.717) is 19.5 Å². The van der Waals surface area contributed by atoms with Crippen LogP contribution < -0.4 is 0 Å². The highest BCUT2D eigenvalue weighted by Gasteiger charge is 2.08. The maximum absolute atomic E-state index is 11.7. The smallest absolute Gasteiger partial charge is 0.164 e. The van der Waals surface area contributed by atoms with Crippen LogP contribution in [0.25, 0.3) is 0 Å². The van der Waals surface area contributed by atoms with Crippen LogP contribution in [0.15, 0.2) is 30.3 Å². The summed E-state index contributed by atoms with van der Waals surface area (Å²) in [5.41, 5.74) is 0.757. The number of hydrogen-bond acceptors (Lipinski definition) is 3. The fourth-order valence-electron chi connectivity index (χ4n) is 1.60. The molecule has 0 saturated heterocycles. The Morgan fingerprint density at radius 2 is 1.94 bits per heavy atom. The van der Waals surface area contributed by atoms with E-state index in [4.69, 9.17) is 0 Å². The maximum atomic E-state index is 11.7. The highest BCUT2D eigenvalue weighted by atomic mass is 35.5. The number of ketones is 1. The molecule has 0 spiro atoms. The molecular formula is C13H20ClNO2. The molecule has 0 aliphatic rings. The molecule has 1 aromatic rings. The summed E-state index contributed by atoms with van der Waals surface area (Å²) in [6.45, 7) is 3.02. The quantitative estimate of drug-likeness (QED) is 0.793. The number of halogens is 1. The summed E-state index contributed by atoms with van der Waals surface area (Å²) < 4.78 is 0. The van der Waals surface area contributed by atoms with Crippen molar-refractivity contribution < 1.29 is 9.90 Å². The lowest BCUT2D eigenvalue weighted by atomic mass is 10.1. The van der Waals surface area contributed by atoms with E-state index in [2.05, 4.69) is 0 Å². The first-order valence-corrected chi connectivity index (χ1v) is 5.54. The van der Waals surface area contributed by atoms with Crippen LogP contribution in [-0.2, 0) is 0 Å². The number of aliphatic hydroxyl groups is 1. The molecule has 4 heteroatoms. The Kier molecular flexibility index (Phi) is 7.79. The van der Waals surface area contributed by atoms with Gasteiger partial charge in [0.1, 0.15) is 0 Å². The van der Waals surface area contributed by atoms with E-state index >= 15 is 0 Å². The van der Waals surface area contributed by atoms with Crippen LogP contribution in [0.5, 0.6) is 0 Å². The van der Waals surface area contributed by atoms with Crippen LogP contribution >= 0.6 is 12.4 Å². The Labute approximate surface area is 109 Å². The predicted molar refractivity (Wildman–Crippen MR) is 71.8 cm³/mol. The van der Waals surface area contributed by atoms with Crippen LogP contribution in [0.2, 0.25) is 0 Å². The molecule has 0 radical (unpaired) electrons. The van der Waals surface area contributed by atoms with Gasteiger partial charge in [0.2, 0.25) is 0 Å². The second-order valence-electron chi connectivity index (χ2n) is 4.15. The summed E-state index contributed by atoms with van der Waals surface area (Å²) in [7, 11) is 1.91. The zero-order valence-corrected chi connectivity index (χ0v) is 11.1. The number of carbonyl (C=O) groups excluding carboxylic acids is 1. The number of benzene rings is 1. The van der Waals surface area contributed by atoms with Crippen LogP contribution in [0.4, 0.5) is 0 Å². The van der Waals surface area contributed by atoms with Crippen molar-refractivity contribution in [1.29, 1.82) is 0 Å². The fourth-order valence-corrected chi connectivity index (χ4v) is 1.60. The highest BCUT2D eigenvalue weighted by Crippen LogP contribution is 2.03. The van der Waals surface area contributed by atoms with Gasteiger partial charge >= 0.3 is 0 Å². The van der Waals surface area contributed by atoms with Crippen molar-refractivity contribution >= 4 is 18.2 Å². The molecule has 0 bridgehead atoms. The van der Waals surface area contributed by atoms with Gasteiger partial charge in [-0.3, -0.25) is 4.79 Å². The Morgan fingerprint density at radius 3 is 2.47 bits per heavy atom. The van der Waals surface area contributed by atoms with Gasteiger partial charge in [-0.15, -0.1) is 12.4 Å². The van der Waals surface area contributed by atoms with Crippen molar-refractivity contribution in [3.05, 3.63) is 35.9 Å². The zero-order valence-electron chi connectivity index (χ0n) is 10.3. The molecule has 0 aliphatic carbocycles.